The lowest BCUT2D eigenvalue weighted by molar-refractivity contribution is -0.137. The molecule has 2 atom stereocenters. The van der Waals surface area contributed by atoms with Gasteiger partial charge in [-0.1, -0.05) is 31.9 Å². The Labute approximate surface area is 108 Å². The van der Waals surface area contributed by atoms with Gasteiger partial charge in [-0.3, -0.25) is 0 Å². The quantitative estimate of drug-likeness (QED) is 0.810. The highest BCUT2D eigenvalue weighted by Crippen LogP contribution is 2.36. The van der Waals surface area contributed by atoms with Crippen LogP contribution in [-0.2, 0) is 6.18 Å². The second kappa shape index (κ2) is 5.45. The van der Waals surface area contributed by atoms with E-state index >= 15 is 0 Å². The maximum absolute atomic E-state index is 13.7. The molecule has 1 unspecified atom stereocenters. The Hall–Kier alpha value is -0.810. The number of rotatable bonds is 3. The SMILES string of the molecule is CCC(C)[C@@H](N)c1cc(C(F)(F)F)cc(Cl)c1F. The lowest BCUT2D eigenvalue weighted by atomic mass is 9.92. The number of hydrogen-bond donors (Lipinski definition) is 1. The fourth-order valence-corrected chi connectivity index (χ4v) is 1.80. The summed E-state index contributed by atoms with van der Waals surface area (Å²) in [5.74, 6) is -1.02. The molecule has 1 aromatic rings. The minimum Gasteiger partial charge on any atom is -0.324 e. The van der Waals surface area contributed by atoms with Crippen molar-refractivity contribution in [1.82, 2.24) is 0 Å². The van der Waals surface area contributed by atoms with Gasteiger partial charge in [0.25, 0.3) is 0 Å². The largest absolute Gasteiger partial charge is 0.416 e. The topological polar surface area (TPSA) is 26.0 Å². The predicted octanol–water partition coefficient (Wildman–Crippen LogP) is 4.54. The van der Waals surface area contributed by atoms with Gasteiger partial charge in [-0.05, 0) is 18.1 Å². The van der Waals surface area contributed by atoms with Gasteiger partial charge in [0.05, 0.1) is 10.6 Å². The third-order valence-corrected chi connectivity index (χ3v) is 3.27. The molecule has 0 saturated heterocycles. The molecular formula is C12H14ClF4N. The number of hydrogen-bond acceptors (Lipinski definition) is 1. The smallest absolute Gasteiger partial charge is 0.324 e. The molecule has 1 aromatic carbocycles. The van der Waals surface area contributed by atoms with Crippen molar-refractivity contribution in [3.63, 3.8) is 0 Å². The first-order valence-corrected chi connectivity index (χ1v) is 5.88. The molecule has 0 saturated carbocycles. The molecule has 0 heterocycles. The molecule has 0 amide bonds. The van der Waals surface area contributed by atoms with Crippen LogP contribution in [0.3, 0.4) is 0 Å². The molecule has 0 fully saturated rings. The molecule has 0 aliphatic carbocycles. The summed E-state index contributed by atoms with van der Waals surface area (Å²) < 4.78 is 51.5. The Morgan fingerprint density at radius 3 is 2.33 bits per heavy atom. The summed E-state index contributed by atoms with van der Waals surface area (Å²) in [7, 11) is 0. The Bertz CT molecular complexity index is 431. The van der Waals surface area contributed by atoms with Crippen LogP contribution in [-0.4, -0.2) is 0 Å². The van der Waals surface area contributed by atoms with E-state index in [4.69, 9.17) is 17.3 Å². The third kappa shape index (κ3) is 3.14. The highest BCUT2D eigenvalue weighted by Gasteiger charge is 2.33. The lowest BCUT2D eigenvalue weighted by Gasteiger charge is -2.21. The molecule has 102 valence electrons. The average Bonchev–Trinajstić information content (AvgIpc) is 2.29. The Kier molecular flexibility index (Phi) is 4.61. The van der Waals surface area contributed by atoms with Crippen molar-refractivity contribution < 1.29 is 17.6 Å². The van der Waals surface area contributed by atoms with Crippen LogP contribution in [0.4, 0.5) is 17.6 Å². The number of benzene rings is 1. The molecule has 0 bridgehead atoms. The molecule has 6 heteroatoms. The normalized spacial score (nSPS) is 15.6. The molecule has 0 radical (unpaired) electrons. The van der Waals surface area contributed by atoms with Gasteiger partial charge in [0.1, 0.15) is 5.82 Å². The zero-order valence-corrected chi connectivity index (χ0v) is 10.7. The van der Waals surface area contributed by atoms with Crippen LogP contribution in [0.5, 0.6) is 0 Å². The van der Waals surface area contributed by atoms with Crippen molar-refractivity contribution in [2.24, 2.45) is 11.7 Å². The summed E-state index contributed by atoms with van der Waals surface area (Å²) in [6.45, 7) is 3.58. The van der Waals surface area contributed by atoms with Gasteiger partial charge in [-0.25, -0.2) is 4.39 Å². The fourth-order valence-electron chi connectivity index (χ4n) is 1.58. The first-order chi connectivity index (χ1) is 8.18. The maximum Gasteiger partial charge on any atom is 0.416 e. The zero-order valence-electron chi connectivity index (χ0n) is 9.98. The van der Waals surface area contributed by atoms with Gasteiger partial charge in [-0.2, -0.15) is 13.2 Å². The lowest BCUT2D eigenvalue weighted by Crippen LogP contribution is -2.21. The van der Waals surface area contributed by atoms with Crippen LogP contribution in [0.15, 0.2) is 12.1 Å². The van der Waals surface area contributed by atoms with Crippen molar-refractivity contribution in [1.29, 1.82) is 0 Å². The predicted molar refractivity (Wildman–Crippen MR) is 62.8 cm³/mol. The summed E-state index contributed by atoms with van der Waals surface area (Å²) >= 11 is 5.49. The van der Waals surface area contributed by atoms with Gasteiger partial charge in [-0.15, -0.1) is 0 Å². The second-order valence-corrected chi connectivity index (χ2v) is 4.68. The molecule has 1 nitrogen and oxygen atoms in total. The first-order valence-electron chi connectivity index (χ1n) is 5.50. The summed E-state index contributed by atoms with van der Waals surface area (Å²) in [6.07, 6.45) is -3.93. The minimum absolute atomic E-state index is 0.140. The van der Waals surface area contributed by atoms with Crippen LogP contribution in [0.2, 0.25) is 5.02 Å². The van der Waals surface area contributed by atoms with Gasteiger partial charge in [0.2, 0.25) is 0 Å². The molecular weight excluding hydrogens is 270 g/mol. The molecule has 0 aromatic heterocycles. The zero-order chi connectivity index (χ0) is 14.1. The van der Waals surface area contributed by atoms with Crippen LogP contribution < -0.4 is 5.73 Å². The van der Waals surface area contributed by atoms with E-state index in [2.05, 4.69) is 0 Å². The first kappa shape index (κ1) is 15.2. The van der Waals surface area contributed by atoms with E-state index in [0.717, 1.165) is 6.07 Å². The van der Waals surface area contributed by atoms with E-state index in [1.807, 2.05) is 6.92 Å². The van der Waals surface area contributed by atoms with E-state index in [9.17, 15) is 17.6 Å². The van der Waals surface area contributed by atoms with Gasteiger partial charge >= 0.3 is 6.18 Å². The summed E-state index contributed by atoms with van der Waals surface area (Å²) in [5.41, 5.74) is 4.59. The highest BCUT2D eigenvalue weighted by molar-refractivity contribution is 6.30. The van der Waals surface area contributed by atoms with E-state index in [0.29, 0.717) is 12.5 Å². The number of alkyl halides is 3. The van der Waals surface area contributed by atoms with Crippen LogP contribution in [0.25, 0.3) is 0 Å². The van der Waals surface area contributed by atoms with E-state index < -0.39 is 28.6 Å². The van der Waals surface area contributed by atoms with E-state index in [1.54, 1.807) is 6.92 Å². The van der Waals surface area contributed by atoms with Crippen LogP contribution >= 0.6 is 11.6 Å². The molecule has 0 spiro atoms. The average molecular weight is 284 g/mol. The van der Waals surface area contributed by atoms with E-state index in [-0.39, 0.29) is 11.5 Å². The Balaban J connectivity index is 3.31. The molecule has 1 rings (SSSR count). The minimum atomic E-state index is -4.57. The standard InChI is InChI=1S/C12H14ClF4N/c1-3-6(2)11(18)8-4-7(12(15,16)17)5-9(13)10(8)14/h4-6,11H,3,18H2,1-2H3/t6?,11-/m1/s1. The van der Waals surface area contributed by atoms with Crippen molar-refractivity contribution >= 4 is 11.6 Å². The third-order valence-electron chi connectivity index (χ3n) is 3.00. The molecule has 2 N–H and O–H groups in total. The molecule has 0 aliphatic heterocycles. The molecule has 18 heavy (non-hydrogen) atoms. The van der Waals surface area contributed by atoms with Crippen molar-refractivity contribution in [3.05, 3.63) is 34.1 Å². The van der Waals surface area contributed by atoms with Gasteiger partial charge < -0.3 is 5.73 Å². The maximum atomic E-state index is 13.7. The Morgan fingerprint density at radius 2 is 1.89 bits per heavy atom. The van der Waals surface area contributed by atoms with Gasteiger partial charge in [0.15, 0.2) is 0 Å². The summed E-state index contributed by atoms with van der Waals surface area (Å²) in [5, 5.41) is -0.557. The van der Waals surface area contributed by atoms with Crippen molar-refractivity contribution in [3.8, 4) is 0 Å². The Morgan fingerprint density at radius 1 is 1.33 bits per heavy atom. The number of nitrogens with two attached hydrogens (primary N) is 1. The summed E-state index contributed by atoms with van der Waals surface area (Å²) in [6, 6.07) is 0.497. The second-order valence-electron chi connectivity index (χ2n) is 4.27. The molecule has 0 aliphatic rings. The fraction of sp³-hybridized carbons (Fsp3) is 0.500. The van der Waals surface area contributed by atoms with Crippen molar-refractivity contribution in [2.75, 3.05) is 0 Å². The van der Waals surface area contributed by atoms with Crippen LogP contribution in [0, 0.1) is 11.7 Å². The van der Waals surface area contributed by atoms with Gasteiger partial charge in [0, 0.05) is 11.6 Å². The monoisotopic (exact) mass is 283 g/mol. The number of halogens is 5. The summed E-state index contributed by atoms with van der Waals surface area (Å²) in [4.78, 5) is 0. The van der Waals surface area contributed by atoms with Crippen molar-refractivity contribution in [2.45, 2.75) is 32.5 Å². The van der Waals surface area contributed by atoms with E-state index in [1.165, 1.54) is 0 Å². The van der Waals surface area contributed by atoms with Crippen LogP contribution in [0.1, 0.15) is 37.4 Å². The highest BCUT2D eigenvalue weighted by atomic mass is 35.5.